The predicted octanol–water partition coefficient (Wildman–Crippen LogP) is 3.36. The highest BCUT2D eigenvalue weighted by molar-refractivity contribution is 6.74. The van der Waals surface area contributed by atoms with E-state index in [0.717, 1.165) is 0 Å². The molecule has 1 fully saturated rings. The van der Waals surface area contributed by atoms with Crippen molar-refractivity contribution in [1.29, 1.82) is 0 Å². The van der Waals surface area contributed by atoms with E-state index in [0.29, 0.717) is 5.92 Å². The molecule has 1 aliphatic rings. The van der Waals surface area contributed by atoms with Gasteiger partial charge >= 0.3 is 5.97 Å². The lowest BCUT2D eigenvalue weighted by molar-refractivity contribution is -0.237. The molecule has 1 aliphatic heterocycles. The van der Waals surface area contributed by atoms with Gasteiger partial charge < -0.3 is 19.0 Å². The Balaban J connectivity index is 3.18. The second-order valence-corrected chi connectivity index (χ2v) is 12.5. The quantitative estimate of drug-likeness (QED) is 0.252. The molecule has 0 saturated carbocycles. The van der Waals surface area contributed by atoms with E-state index in [1.807, 2.05) is 0 Å². The van der Waals surface area contributed by atoms with Gasteiger partial charge in [-0.1, -0.05) is 32.8 Å². The second kappa shape index (κ2) is 8.05. The summed E-state index contributed by atoms with van der Waals surface area (Å²) in [6, 6.07) is -0.949. The van der Waals surface area contributed by atoms with Crippen LogP contribution in [0.5, 0.6) is 0 Å². The summed E-state index contributed by atoms with van der Waals surface area (Å²) in [4.78, 5) is 14.2. The molecule has 144 valence electrons. The van der Waals surface area contributed by atoms with Crippen LogP contribution in [0.1, 0.15) is 41.5 Å². The summed E-state index contributed by atoms with van der Waals surface area (Å²) in [7, 11) is -2.30. The van der Waals surface area contributed by atoms with Crippen molar-refractivity contribution in [3.8, 4) is 0 Å². The monoisotopic (exact) mass is 373 g/mol. The van der Waals surface area contributed by atoms with Crippen LogP contribution in [0.15, 0.2) is 5.11 Å². The van der Waals surface area contributed by atoms with E-state index in [1.165, 1.54) is 6.92 Å². The first-order valence-electron chi connectivity index (χ1n) is 8.58. The van der Waals surface area contributed by atoms with Gasteiger partial charge in [0.1, 0.15) is 18.2 Å². The number of carbonyl (C=O) groups is 1. The molecule has 2 unspecified atom stereocenters. The number of hydrogen-bond donors (Lipinski definition) is 1. The van der Waals surface area contributed by atoms with Crippen molar-refractivity contribution in [2.75, 3.05) is 0 Å². The fourth-order valence-corrected chi connectivity index (χ4v) is 5.21. The predicted molar refractivity (Wildman–Crippen MR) is 96.3 cm³/mol. The molecule has 1 saturated heterocycles. The van der Waals surface area contributed by atoms with Gasteiger partial charge in [0.2, 0.25) is 0 Å². The maximum absolute atomic E-state index is 11.4. The number of hydrogen-bond acceptors (Lipinski definition) is 6. The molecule has 1 rings (SSSR count). The molecule has 0 aromatic carbocycles. The van der Waals surface area contributed by atoms with Gasteiger partial charge in [0.25, 0.3) is 0 Å². The summed E-state index contributed by atoms with van der Waals surface area (Å²) in [5.74, 6) is -0.183. The second-order valence-electron chi connectivity index (χ2n) is 7.97. The van der Waals surface area contributed by atoms with Gasteiger partial charge in [-0.15, -0.1) is 0 Å². The molecule has 0 aromatic heterocycles. The maximum Gasteiger partial charge on any atom is 0.303 e. The van der Waals surface area contributed by atoms with Gasteiger partial charge in [-0.2, -0.15) is 0 Å². The minimum absolute atomic E-state index is 0.0759. The normalized spacial score (nSPS) is 30.7. The van der Waals surface area contributed by atoms with Crippen LogP contribution in [0, 0.1) is 5.92 Å². The molecule has 8 nitrogen and oxygen atoms in total. The fourth-order valence-electron chi connectivity index (χ4n) is 2.74. The molecule has 5 atom stereocenters. The number of ether oxygens (including phenoxy) is 2. The Kier molecular flexibility index (Phi) is 7.06. The number of nitrogens with zero attached hydrogens (tertiary/aromatic N) is 3. The van der Waals surface area contributed by atoms with Gasteiger partial charge in [-0.25, -0.2) is 0 Å². The maximum atomic E-state index is 11.4. The van der Waals surface area contributed by atoms with E-state index < -0.39 is 44.9 Å². The van der Waals surface area contributed by atoms with Crippen LogP contribution in [-0.2, 0) is 18.7 Å². The fraction of sp³-hybridized carbons (Fsp3) is 0.938. The van der Waals surface area contributed by atoms with E-state index in [-0.39, 0.29) is 5.04 Å². The van der Waals surface area contributed by atoms with Gasteiger partial charge in [-0.3, -0.25) is 4.79 Å². The van der Waals surface area contributed by atoms with Crippen molar-refractivity contribution in [3.05, 3.63) is 10.4 Å². The highest BCUT2D eigenvalue weighted by Gasteiger charge is 2.51. The summed E-state index contributed by atoms with van der Waals surface area (Å²) < 4.78 is 17.4. The lowest BCUT2D eigenvalue weighted by atomic mass is 9.98. The van der Waals surface area contributed by atoms with E-state index in [2.05, 4.69) is 50.8 Å². The first-order chi connectivity index (χ1) is 11.3. The largest absolute Gasteiger partial charge is 0.459 e. The van der Waals surface area contributed by atoms with Crippen molar-refractivity contribution < 1.29 is 23.8 Å². The summed E-state index contributed by atoms with van der Waals surface area (Å²) >= 11 is 0. The lowest BCUT2D eigenvalue weighted by Crippen LogP contribution is -2.61. The molecular weight excluding hydrogens is 342 g/mol. The van der Waals surface area contributed by atoms with Crippen LogP contribution in [0.2, 0.25) is 18.1 Å². The number of azide groups is 1. The van der Waals surface area contributed by atoms with E-state index in [1.54, 1.807) is 6.92 Å². The van der Waals surface area contributed by atoms with Crippen molar-refractivity contribution in [1.82, 2.24) is 0 Å². The highest BCUT2D eigenvalue weighted by atomic mass is 28.4. The number of esters is 1. The van der Waals surface area contributed by atoms with Crippen molar-refractivity contribution >= 4 is 14.3 Å². The molecule has 0 amide bonds. The Labute approximate surface area is 150 Å². The molecule has 1 N–H and O–H groups in total. The third kappa shape index (κ3) is 4.74. The average molecular weight is 374 g/mol. The Morgan fingerprint density at radius 2 is 1.96 bits per heavy atom. The average Bonchev–Trinajstić information content (AvgIpc) is 2.47. The van der Waals surface area contributed by atoms with Crippen molar-refractivity contribution in [2.45, 2.75) is 90.3 Å². The van der Waals surface area contributed by atoms with Gasteiger partial charge in [-0.05, 0) is 36.5 Å². The summed E-state index contributed by atoms with van der Waals surface area (Å²) in [5.41, 5.74) is 8.92. The first-order valence-corrected chi connectivity index (χ1v) is 11.5. The van der Waals surface area contributed by atoms with Crippen LogP contribution >= 0.6 is 0 Å². The van der Waals surface area contributed by atoms with Crippen LogP contribution in [-0.4, -0.2) is 50.0 Å². The van der Waals surface area contributed by atoms with Crippen LogP contribution in [0.3, 0.4) is 0 Å². The lowest BCUT2D eigenvalue weighted by Gasteiger charge is -2.48. The molecule has 0 aliphatic carbocycles. The van der Waals surface area contributed by atoms with Gasteiger partial charge in [0.05, 0.1) is 6.10 Å². The zero-order chi connectivity index (χ0) is 19.6. The van der Waals surface area contributed by atoms with E-state index in [9.17, 15) is 9.90 Å². The Morgan fingerprint density at radius 3 is 2.40 bits per heavy atom. The molecule has 9 heteroatoms. The standard InChI is InChI=1S/C16H31N3O5Si/c1-9(2)16(5,6)25(7,8)24-15-12(18-19-17)14(23-11(4)20)13(21)10(3)22-15/h9-10,12-15,21H,1-8H3/t10?,12?,13-,14-,15+/m1/s1. The van der Waals surface area contributed by atoms with Crippen molar-refractivity contribution in [3.63, 3.8) is 0 Å². The molecule has 0 spiro atoms. The van der Waals surface area contributed by atoms with E-state index in [4.69, 9.17) is 19.4 Å². The number of rotatable bonds is 6. The van der Waals surface area contributed by atoms with Gasteiger partial charge in [0, 0.05) is 11.8 Å². The highest BCUT2D eigenvalue weighted by Crippen LogP contribution is 2.46. The van der Waals surface area contributed by atoms with E-state index >= 15 is 0 Å². The summed E-state index contributed by atoms with van der Waals surface area (Å²) in [5, 5.41) is 14.0. The van der Waals surface area contributed by atoms with Crippen LogP contribution < -0.4 is 0 Å². The molecule has 1 heterocycles. The number of aliphatic hydroxyl groups is 1. The van der Waals surface area contributed by atoms with Gasteiger partial charge in [0.15, 0.2) is 14.6 Å². The smallest absolute Gasteiger partial charge is 0.303 e. The zero-order valence-corrected chi connectivity index (χ0v) is 17.4. The molecule has 25 heavy (non-hydrogen) atoms. The third-order valence-electron chi connectivity index (χ3n) is 5.67. The summed E-state index contributed by atoms with van der Waals surface area (Å²) in [6.07, 6.45) is -3.60. The Hall–Kier alpha value is -1.12. The molecule has 0 bridgehead atoms. The van der Waals surface area contributed by atoms with Crippen molar-refractivity contribution in [2.24, 2.45) is 11.0 Å². The van der Waals surface area contributed by atoms with Crippen LogP contribution in [0.4, 0.5) is 0 Å². The minimum Gasteiger partial charge on any atom is -0.459 e. The zero-order valence-electron chi connectivity index (χ0n) is 16.4. The molecular formula is C16H31N3O5Si. The summed E-state index contributed by atoms with van der Waals surface area (Å²) in [6.45, 7) is 15.7. The molecule has 0 radical (unpaired) electrons. The Bertz CT molecular complexity index is 534. The SMILES string of the molecule is CC(=O)O[C@@H]1C(N=[N+]=[N-])[C@H](O[Si](C)(C)C(C)(C)C(C)C)OC(C)[C@H]1O. The number of carbonyl (C=O) groups excluding carboxylic acids is 1. The topological polar surface area (TPSA) is 114 Å². The van der Waals surface area contributed by atoms with Crippen LogP contribution in [0.25, 0.3) is 10.4 Å². The Morgan fingerprint density at radius 1 is 1.40 bits per heavy atom. The minimum atomic E-state index is -2.30. The number of aliphatic hydroxyl groups excluding tert-OH is 1. The first kappa shape index (κ1) is 21.9. The third-order valence-corrected chi connectivity index (χ3v) is 10.2. The molecule has 0 aromatic rings.